The zero-order valence-electron chi connectivity index (χ0n) is 11.8. The van der Waals surface area contributed by atoms with Crippen LogP contribution in [-0.4, -0.2) is 23.3 Å². The van der Waals surface area contributed by atoms with Gasteiger partial charge < -0.3 is 19.7 Å². The van der Waals surface area contributed by atoms with E-state index in [0.717, 1.165) is 5.56 Å². The summed E-state index contributed by atoms with van der Waals surface area (Å²) in [5.41, 5.74) is 1.29. The first-order valence-electron chi connectivity index (χ1n) is 6.35. The van der Waals surface area contributed by atoms with Gasteiger partial charge in [-0.1, -0.05) is 30.3 Å². The fourth-order valence-electron chi connectivity index (χ4n) is 1.92. The molecule has 2 aromatic rings. The molecule has 0 spiro atoms. The minimum absolute atomic E-state index is 0.0518. The Hall–Kier alpha value is -2.69. The van der Waals surface area contributed by atoms with Gasteiger partial charge in [-0.05, 0) is 18.6 Å². The highest BCUT2D eigenvalue weighted by atomic mass is 16.5. The van der Waals surface area contributed by atoms with E-state index in [1.165, 1.54) is 13.2 Å². The van der Waals surface area contributed by atoms with Gasteiger partial charge in [0.1, 0.15) is 6.61 Å². The summed E-state index contributed by atoms with van der Waals surface area (Å²) in [7, 11) is 1.23. The average Bonchev–Trinajstić information content (AvgIpc) is 2.51. The van der Waals surface area contributed by atoms with E-state index >= 15 is 0 Å². The zero-order chi connectivity index (χ0) is 15.4. The smallest absolute Gasteiger partial charge is 0.338 e. The van der Waals surface area contributed by atoms with Crippen molar-refractivity contribution in [1.82, 2.24) is 0 Å². The summed E-state index contributed by atoms with van der Waals surface area (Å²) in [6.07, 6.45) is 0. The van der Waals surface area contributed by atoms with E-state index in [-0.39, 0.29) is 29.4 Å². The van der Waals surface area contributed by atoms with Gasteiger partial charge in [-0.25, -0.2) is 4.79 Å². The second-order valence-corrected chi connectivity index (χ2v) is 4.51. The van der Waals surface area contributed by atoms with Gasteiger partial charge in [-0.3, -0.25) is 0 Å². The van der Waals surface area contributed by atoms with Gasteiger partial charge in [-0.15, -0.1) is 0 Å². The van der Waals surface area contributed by atoms with E-state index in [4.69, 9.17) is 4.74 Å². The molecule has 5 nitrogen and oxygen atoms in total. The summed E-state index contributed by atoms with van der Waals surface area (Å²) in [6, 6.07) is 10.6. The number of hydrogen-bond donors (Lipinski definition) is 2. The first-order valence-corrected chi connectivity index (χ1v) is 6.35. The number of esters is 1. The fourth-order valence-corrected chi connectivity index (χ4v) is 1.92. The molecule has 0 saturated heterocycles. The van der Waals surface area contributed by atoms with Crippen LogP contribution < -0.4 is 4.74 Å². The van der Waals surface area contributed by atoms with Gasteiger partial charge >= 0.3 is 5.97 Å². The quantitative estimate of drug-likeness (QED) is 0.846. The molecule has 21 heavy (non-hydrogen) atoms. The number of carbonyl (C=O) groups is 1. The molecule has 0 aromatic heterocycles. The van der Waals surface area contributed by atoms with Crippen LogP contribution in [0.2, 0.25) is 0 Å². The first-order chi connectivity index (χ1) is 10.0. The molecule has 0 aliphatic carbocycles. The first kappa shape index (κ1) is 14.7. The van der Waals surface area contributed by atoms with Crippen LogP contribution in [-0.2, 0) is 11.3 Å². The molecule has 0 saturated carbocycles. The highest BCUT2D eigenvalue weighted by molar-refractivity contribution is 5.93. The number of carbonyl (C=O) groups excluding carboxylic acids is 1. The van der Waals surface area contributed by atoms with Crippen LogP contribution in [0.25, 0.3) is 0 Å². The lowest BCUT2D eigenvalue weighted by atomic mass is 10.1. The molecule has 5 heteroatoms. The van der Waals surface area contributed by atoms with Crippen molar-refractivity contribution in [1.29, 1.82) is 0 Å². The number of aromatic hydroxyl groups is 2. The third-order valence-electron chi connectivity index (χ3n) is 3.12. The van der Waals surface area contributed by atoms with E-state index in [0.29, 0.717) is 5.56 Å². The highest BCUT2D eigenvalue weighted by Gasteiger charge is 2.20. The van der Waals surface area contributed by atoms with E-state index < -0.39 is 5.97 Å². The van der Waals surface area contributed by atoms with Crippen LogP contribution in [0.3, 0.4) is 0 Å². The van der Waals surface area contributed by atoms with E-state index in [2.05, 4.69) is 4.74 Å². The van der Waals surface area contributed by atoms with Crippen molar-refractivity contribution in [3.05, 3.63) is 53.1 Å². The predicted molar refractivity (Wildman–Crippen MR) is 76.6 cm³/mol. The van der Waals surface area contributed by atoms with Crippen molar-refractivity contribution in [2.75, 3.05) is 7.11 Å². The van der Waals surface area contributed by atoms with Crippen molar-refractivity contribution in [3.63, 3.8) is 0 Å². The van der Waals surface area contributed by atoms with E-state index in [1.54, 1.807) is 6.92 Å². The van der Waals surface area contributed by atoms with E-state index in [9.17, 15) is 15.0 Å². The van der Waals surface area contributed by atoms with Crippen LogP contribution in [0.5, 0.6) is 17.2 Å². The Balaban J connectivity index is 2.28. The van der Waals surface area contributed by atoms with Crippen molar-refractivity contribution < 1.29 is 24.5 Å². The molecule has 0 aliphatic heterocycles. The molecule has 0 atom stereocenters. The lowest BCUT2D eigenvalue weighted by Gasteiger charge is -2.14. The molecule has 2 N–H and O–H groups in total. The second kappa shape index (κ2) is 6.17. The fraction of sp³-hybridized carbons (Fsp3) is 0.188. The molecule has 2 aromatic carbocycles. The molecule has 0 unspecified atom stereocenters. The maximum absolute atomic E-state index is 11.5. The Labute approximate surface area is 122 Å². The maximum Gasteiger partial charge on any atom is 0.338 e. The lowest BCUT2D eigenvalue weighted by molar-refractivity contribution is 0.0598. The minimum atomic E-state index is -0.632. The van der Waals surface area contributed by atoms with Gasteiger partial charge in [0, 0.05) is 5.56 Å². The van der Waals surface area contributed by atoms with Crippen LogP contribution in [0.1, 0.15) is 21.5 Å². The van der Waals surface area contributed by atoms with Gasteiger partial charge in [0.2, 0.25) is 5.75 Å². The average molecular weight is 288 g/mol. The van der Waals surface area contributed by atoms with Crippen LogP contribution in [0, 0.1) is 6.92 Å². The molecular formula is C16H16O5. The van der Waals surface area contributed by atoms with Crippen molar-refractivity contribution >= 4 is 5.97 Å². The van der Waals surface area contributed by atoms with Crippen molar-refractivity contribution in [2.45, 2.75) is 13.5 Å². The lowest BCUT2D eigenvalue weighted by Crippen LogP contribution is -2.05. The molecule has 0 fully saturated rings. The Bertz CT molecular complexity index is 649. The van der Waals surface area contributed by atoms with Gasteiger partial charge in [-0.2, -0.15) is 0 Å². The largest absolute Gasteiger partial charge is 0.504 e. The molecule has 2 rings (SSSR count). The summed E-state index contributed by atoms with van der Waals surface area (Å²) in [5.74, 6) is -1.27. The molecule has 110 valence electrons. The minimum Gasteiger partial charge on any atom is -0.504 e. The topological polar surface area (TPSA) is 76.0 Å². The summed E-state index contributed by atoms with van der Waals surface area (Å²) >= 11 is 0. The van der Waals surface area contributed by atoms with Gasteiger partial charge in [0.05, 0.1) is 12.7 Å². The molecule has 0 radical (unpaired) electrons. The Morgan fingerprint density at radius 2 is 1.86 bits per heavy atom. The summed E-state index contributed by atoms with van der Waals surface area (Å²) < 4.78 is 10.0. The van der Waals surface area contributed by atoms with Gasteiger partial charge in [0.15, 0.2) is 11.5 Å². The summed E-state index contributed by atoms with van der Waals surface area (Å²) in [6.45, 7) is 1.75. The molecule has 0 aliphatic rings. The number of phenols is 2. The molecular weight excluding hydrogens is 272 g/mol. The molecule has 0 bridgehead atoms. The number of benzene rings is 2. The van der Waals surface area contributed by atoms with Crippen LogP contribution in [0.4, 0.5) is 0 Å². The Kier molecular flexibility index (Phi) is 4.33. The molecule has 0 heterocycles. The van der Waals surface area contributed by atoms with Gasteiger partial charge in [0.25, 0.3) is 0 Å². The van der Waals surface area contributed by atoms with E-state index in [1.807, 2.05) is 30.3 Å². The number of phenolic OH excluding ortho intramolecular Hbond substituents is 2. The number of hydrogen-bond acceptors (Lipinski definition) is 5. The Morgan fingerprint density at radius 1 is 1.19 bits per heavy atom. The molecule has 0 amide bonds. The Morgan fingerprint density at radius 3 is 2.48 bits per heavy atom. The van der Waals surface area contributed by atoms with Crippen molar-refractivity contribution in [2.24, 2.45) is 0 Å². The maximum atomic E-state index is 11.5. The highest BCUT2D eigenvalue weighted by Crippen LogP contribution is 2.40. The third kappa shape index (κ3) is 3.08. The van der Waals surface area contributed by atoms with Crippen molar-refractivity contribution in [3.8, 4) is 17.2 Å². The standard InChI is InChI=1S/C16H16O5/c1-10-12(16(19)20-2)8-13(17)15(14(10)18)21-9-11-6-4-3-5-7-11/h3-8,17-18H,9H2,1-2H3. The van der Waals surface area contributed by atoms with Crippen LogP contribution in [0.15, 0.2) is 36.4 Å². The SMILES string of the molecule is COC(=O)c1cc(O)c(OCc2ccccc2)c(O)c1C. The number of methoxy groups -OCH3 is 1. The number of ether oxygens (including phenoxy) is 2. The number of rotatable bonds is 4. The summed E-state index contributed by atoms with van der Waals surface area (Å²) in [5, 5.41) is 20.0. The van der Waals surface area contributed by atoms with Crippen LogP contribution >= 0.6 is 0 Å². The second-order valence-electron chi connectivity index (χ2n) is 4.51. The zero-order valence-corrected chi connectivity index (χ0v) is 11.8. The normalized spacial score (nSPS) is 10.2. The third-order valence-corrected chi connectivity index (χ3v) is 3.12. The monoisotopic (exact) mass is 288 g/mol. The summed E-state index contributed by atoms with van der Waals surface area (Å²) in [4.78, 5) is 11.5. The predicted octanol–water partition coefficient (Wildman–Crippen LogP) is 2.77.